The average Bonchev–Trinajstić information content (AvgIpc) is 0.897. The molecule has 0 aliphatic heterocycles. The molecule has 0 spiro atoms. The van der Waals surface area contributed by atoms with E-state index in [1.807, 2.05) is 0 Å². The normalized spacial score (nSPS) is 13.6. The van der Waals surface area contributed by atoms with Crippen LogP contribution in [0.3, 0.4) is 0 Å². The van der Waals surface area contributed by atoms with E-state index < -0.39 is 97.5 Å². The van der Waals surface area contributed by atoms with Crippen LogP contribution in [-0.2, 0) is 65.4 Å². The van der Waals surface area contributed by atoms with Gasteiger partial charge in [-0.15, -0.1) is 0 Å². The SMILES string of the molecule is CCCCCCCCCCCCCCCCCCCCCCCCC(=O)O[C@H](COC(=O)CCCCCCCCCCCCCCCCCCCCCCC)COP(=O)(O)OC[C@@H](O)COP(=O)(O)OC[C@@H](COC(=O)CCCCCCC)OC(=O)CCCCCCCCCCCCCCCCCCCCCCC. The first-order valence-corrected chi connectivity index (χ1v) is 49.8. The summed E-state index contributed by atoms with van der Waals surface area (Å²) >= 11 is 0. The first kappa shape index (κ1) is 107. The Balaban J connectivity index is 5.07. The predicted octanol–water partition coefficient (Wildman–Crippen LogP) is 28.1. The lowest BCUT2D eigenvalue weighted by Gasteiger charge is -2.21. The Morgan fingerprint density at radius 3 is 0.541 bits per heavy atom. The maximum Gasteiger partial charge on any atom is 0.472 e. The number of hydrogen-bond donors (Lipinski definition) is 3. The van der Waals surface area contributed by atoms with Crippen LogP contribution < -0.4 is 0 Å². The summed E-state index contributed by atoms with van der Waals surface area (Å²) in [5.41, 5.74) is 0. The minimum absolute atomic E-state index is 0.109. The molecule has 2 unspecified atom stereocenters. The molecule has 0 radical (unpaired) electrons. The van der Waals surface area contributed by atoms with Gasteiger partial charge in [-0.25, -0.2) is 9.13 Å². The molecule has 648 valence electrons. The molecule has 0 saturated carbocycles. The van der Waals surface area contributed by atoms with Crippen molar-refractivity contribution in [1.82, 2.24) is 0 Å². The fourth-order valence-electron chi connectivity index (χ4n) is 14.2. The van der Waals surface area contributed by atoms with Gasteiger partial charge in [0.1, 0.15) is 19.3 Å². The molecule has 3 N–H and O–H groups in total. The Bertz CT molecular complexity index is 2050. The molecular weight excluding hydrogens is 1410 g/mol. The minimum Gasteiger partial charge on any atom is -0.462 e. The monoisotopic (exact) mass is 1590 g/mol. The first-order chi connectivity index (χ1) is 53.2. The van der Waals surface area contributed by atoms with Gasteiger partial charge in [0.05, 0.1) is 26.4 Å². The number of aliphatic hydroxyl groups is 1. The van der Waals surface area contributed by atoms with Gasteiger partial charge < -0.3 is 33.8 Å². The fraction of sp³-hybridized carbons (Fsp3) is 0.956. The Kier molecular flexibility index (Phi) is 82.5. The van der Waals surface area contributed by atoms with Crippen molar-refractivity contribution in [2.45, 2.75) is 515 Å². The van der Waals surface area contributed by atoms with Gasteiger partial charge in [-0.3, -0.25) is 37.3 Å². The standard InChI is InChI=1S/C90H176O17P2/c1-5-9-13-17-20-23-26-29-32-35-38-41-44-47-50-53-56-59-62-65-69-73-77-90(95)107-86(81-101-88(93)75-71-67-63-60-57-54-51-48-45-42-39-36-33-30-27-24-21-18-14-10-6-2)83-105-109(98,99)103-79-84(91)78-102-108(96,97)104-82-85(80-100-87(92)74-70-66-16-12-8-4)106-89(94)76-72-68-64-61-58-55-52-49-46-43-40-37-34-31-28-25-22-19-15-11-7-3/h84-86,91H,5-83H2,1-4H3,(H,96,97)(H,98,99)/t84-,85+,86+/m0/s1. The van der Waals surface area contributed by atoms with Crippen LogP contribution in [0.2, 0.25) is 0 Å². The van der Waals surface area contributed by atoms with E-state index in [0.29, 0.717) is 25.7 Å². The van der Waals surface area contributed by atoms with E-state index in [1.165, 1.54) is 321 Å². The summed E-state index contributed by atoms with van der Waals surface area (Å²) in [4.78, 5) is 73.0. The Hall–Kier alpha value is -1.94. The maximum absolute atomic E-state index is 13.2. The molecule has 0 bridgehead atoms. The Morgan fingerprint density at radius 2 is 0.367 bits per heavy atom. The molecule has 0 aliphatic carbocycles. The summed E-state index contributed by atoms with van der Waals surface area (Å²) in [6.07, 6.45) is 81.4. The largest absolute Gasteiger partial charge is 0.472 e. The average molecular weight is 1590 g/mol. The molecule has 0 aromatic carbocycles. The van der Waals surface area contributed by atoms with Crippen LogP contribution in [0, 0.1) is 0 Å². The van der Waals surface area contributed by atoms with E-state index in [0.717, 1.165) is 96.3 Å². The summed E-state index contributed by atoms with van der Waals surface area (Å²) in [6, 6.07) is 0. The van der Waals surface area contributed by atoms with Gasteiger partial charge >= 0.3 is 39.5 Å². The van der Waals surface area contributed by atoms with Crippen LogP contribution in [-0.4, -0.2) is 96.7 Å². The van der Waals surface area contributed by atoms with E-state index in [4.69, 9.17) is 37.0 Å². The van der Waals surface area contributed by atoms with Crippen molar-refractivity contribution in [2.24, 2.45) is 0 Å². The van der Waals surface area contributed by atoms with Crippen LogP contribution in [0.1, 0.15) is 496 Å². The number of phosphoric acid groups is 2. The first-order valence-electron chi connectivity index (χ1n) is 46.8. The zero-order valence-electron chi connectivity index (χ0n) is 71.5. The van der Waals surface area contributed by atoms with Gasteiger partial charge in [0.25, 0.3) is 0 Å². The molecule has 17 nitrogen and oxygen atoms in total. The van der Waals surface area contributed by atoms with Crippen LogP contribution in [0.25, 0.3) is 0 Å². The van der Waals surface area contributed by atoms with Crippen molar-refractivity contribution in [3.63, 3.8) is 0 Å². The molecule has 0 amide bonds. The number of esters is 4. The third-order valence-corrected chi connectivity index (χ3v) is 23.3. The van der Waals surface area contributed by atoms with Gasteiger partial charge in [-0.1, -0.05) is 445 Å². The van der Waals surface area contributed by atoms with E-state index in [1.54, 1.807) is 0 Å². The van der Waals surface area contributed by atoms with Crippen molar-refractivity contribution in [1.29, 1.82) is 0 Å². The van der Waals surface area contributed by atoms with E-state index in [2.05, 4.69) is 27.7 Å². The highest BCUT2D eigenvalue weighted by Gasteiger charge is 2.30. The number of carbonyl (C=O) groups excluding carboxylic acids is 4. The molecule has 109 heavy (non-hydrogen) atoms. The van der Waals surface area contributed by atoms with Gasteiger partial charge in [0, 0.05) is 25.7 Å². The van der Waals surface area contributed by atoms with Gasteiger partial charge in [-0.2, -0.15) is 0 Å². The lowest BCUT2D eigenvalue weighted by Crippen LogP contribution is -2.30. The van der Waals surface area contributed by atoms with Crippen molar-refractivity contribution >= 4 is 39.5 Å². The van der Waals surface area contributed by atoms with E-state index >= 15 is 0 Å². The summed E-state index contributed by atoms with van der Waals surface area (Å²) in [5, 5.41) is 10.7. The zero-order chi connectivity index (χ0) is 79.6. The summed E-state index contributed by atoms with van der Waals surface area (Å²) in [6.45, 7) is 4.98. The van der Waals surface area contributed by atoms with Crippen molar-refractivity contribution < 1.29 is 80.2 Å². The number of phosphoric ester groups is 2. The van der Waals surface area contributed by atoms with Crippen LogP contribution in [0.4, 0.5) is 0 Å². The van der Waals surface area contributed by atoms with Crippen molar-refractivity contribution in [3.8, 4) is 0 Å². The molecule has 0 aromatic heterocycles. The quantitative estimate of drug-likeness (QED) is 0.0222. The number of ether oxygens (including phenoxy) is 4. The fourth-order valence-corrected chi connectivity index (χ4v) is 15.8. The van der Waals surface area contributed by atoms with E-state index in [-0.39, 0.29) is 25.7 Å². The molecular formula is C90H176O17P2. The maximum atomic E-state index is 13.2. The smallest absolute Gasteiger partial charge is 0.462 e. The lowest BCUT2D eigenvalue weighted by atomic mass is 10.0. The predicted molar refractivity (Wildman–Crippen MR) is 451 cm³/mol. The molecule has 0 rings (SSSR count). The van der Waals surface area contributed by atoms with Gasteiger partial charge in [-0.05, 0) is 25.7 Å². The highest BCUT2D eigenvalue weighted by Crippen LogP contribution is 2.45. The summed E-state index contributed by atoms with van der Waals surface area (Å²) < 4.78 is 68.7. The molecule has 0 aromatic rings. The highest BCUT2D eigenvalue weighted by atomic mass is 31.2. The second-order valence-corrected chi connectivity index (χ2v) is 35.3. The molecule has 5 atom stereocenters. The number of hydrogen-bond acceptors (Lipinski definition) is 15. The second kappa shape index (κ2) is 84.0. The number of carbonyl (C=O) groups is 4. The molecule has 0 fully saturated rings. The Labute approximate surface area is 670 Å². The third kappa shape index (κ3) is 83.8. The molecule has 0 aliphatic rings. The summed E-state index contributed by atoms with van der Waals surface area (Å²) in [7, 11) is -9.92. The third-order valence-electron chi connectivity index (χ3n) is 21.4. The lowest BCUT2D eigenvalue weighted by molar-refractivity contribution is -0.161. The minimum atomic E-state index is -4.96. The van der Waals surface area contributed by atoms with Crippen molar-refractivity contribution in [3.05, 3.63) is 0 Å². The zero-order valence-corrected chi connectivity index (χ0v) is 73.3. The summed E-state index contributed by atoms with van der Waals surface area (Å²) in [5.74, 6) is -2.11. The van der Waals surface area contributed by atoms with E-state index in [9.17, 15) is 43.2 Å². The van der Waals surface area contributed by atoms with Crippen molar-refractivity contribution in [2.75, 3.05) is 39.6 Å². The highest BCUT2D eigenvalue weighted by molar-refractivity contribution is 7.47. The number of rotatable bonds is 91. The van der Waals surface area contributed by atoms with Crippen LogP contribution in [0.5, 0.6) is 0 Å². The van der Waals surface area contributed by atoms with Crippen LogP contribution in [0.15, 0.2) is 0 Å². The molecule has 19 heteroatoms. The second-order valence-electron chi connectivity index (χ2n) is 32.3. The number of aliphatic hydroxyl groups excluding tert-OH is 1. The van der Waals surface area contributed by atoms with Crippen LogP contribution >= 0.6 is 15.6 Å². The Morgan fingerprint density at radius 1 is 0.220 bits per heavy atom. The van der Waals surface area contributed by atoms with Gasteiger partial charge in [0.2, 0.25) is 0 Å². The number of unbranched alkanes of at least 4 members (excludes halogenated alkanes) is 65. The molecule has 0 saturated heterocycles. The topological polar surface area (TPSA) is 237 Å². The molecule has 0 heterocycles. The van der Waals surface area contributed by atoms with Gasteiger partial charge in [0.15, 0.2) is 12.2 Å².